The van der Waals surface area contributed by atoms with Gasteiger partial charge in [0.15, 0.2) is 11.6 Å². The number of fused-ring (bicyclic) bond motifs is 3. The Morgan fingerprint density at radius 1 is 1.04 bits per heavy atom. The molecule has 13 heteroatoms. The summed E-state index contributed by atoms with van der Waals surface area (Å²) in [5.41, 5.74) is -1.72. The number of alkyl halides is 1. The van der Waals surface area contributed by atoms with Crippen LogP contribution in [0.5, 0.6) is 17.2 Å². The van der Waals surface area contributed by atoms with Crippen molar-refractivity contribution in [1.29, 1.82) is 0 Å². The Hall–Kier alpha value is -3.44. The Labute approximate surface area is 319 Å². The Kier molecular flexibility index (Phi) is 10.7. The summed E-state index contributed by atoms with van der Waals surface area (Å²) in [6, 6.07) is 13.0. The van der Waals surface area contributed by atoms with E-state index in [0.29, 0.717) is 13.0 Å². The van der Waals surface area contributed by atoms with E-state index >= 15 is 0 Å². The molecule has 0 bridgehead atoms. The average Bonchev–Trinajstić information content (AvgIpc) is 3.96. The van der Waals surface area contributed by atoms with Crippen LogP contribution >= 0.6 is 0 Å². The summed E-state index contributed by atoms with van der Waals surface area (Å²) in [7, 11) is 5.26. The predicted octanol–water partition coefficient (Wildman–Crippen LogP) is 0.431. The van der Waals surface area contributed by atoms with E-state index in [9.17, 15) is 29.7 Å². The summed E-state index contributed by atoms with van der Waals surface area (Å²) in [5, 5.41) is 35.1. The fourth-order valence-electron chi connectivity index (χ4n) is 7.77. The Morgan fingerprint density at radius 2 is 1.75 bits per heavy atom. The average molecular weight is 842 g/mol. The summed E-state index contributed by atoms with van der Waals surface area (Å²) < 4.78 is 27.4. The number of hydrogen-bond donors (Lipinski definition) is 3. The molecule has 2 aliphatic carbocycles. The molecule has 0 amide bonds. The second-order valence-corrected chi connectivity index (χ2v) is 17.7. The van der Waals surface area contributed by atoms with E-state index < -0.39 is 64.9 Å². The number of likely N-dealkylation sites (N-methyl/N-ethyl adjacent to an activating group) is 1. The van der Waals surface area contributed by atoms with Gasteiger partial charge in [0.2, 0.25) is 5.78 Å². The number of ether oxygens (including phenoxy) is 4. The molecular formula is C40H46IN2O10-. The van der Waals surface area contributed by atoms with Gasteiger partial charge in [0, 0.05) is 29.5 Å². The van der Waals surface area contributed by atoms with Gasteiger partial charge in [-0.3, -0.25) is 14.4 Å². The standard InChI is InChI=1S/C40H46IN2O10/c1-21-39(51-20-23-9-11-24(12-10-23)41-13-14-43-15-16-43)27(42(3)4)17-30(52-21)53-29-19-40(49,22(2)44)18-26-32(29)38(48)34-33(36(26)46)35(45)25-7-6-8-28(50-5)31(25)37(34)47/h6-12,21,27,29-30,39,46,48-49H,13-20H2,1-5H3/q-1/t21-,27-,29-,30-,39+,40-/m0/s1. The number of phenolic OH excluding ortho intramolecular Hbond substituents is 2. The van der Waals surface area contributed by atoms with Crippen molar-refractivity contribution in [3.05, 3.63) is 85.0 Å². The number of methoxy groups -OCH3 is 1. The summed E-state index contributed by atoms with van der Waals surface area (Å²) >= 11 is -0.0132. The first-order valence-electron chi connectivity index (χ1n) is 17.9. The number of hydrogen-bond acceptors (Lipinski definition) is 12. The first-order valence-corrected chi connectivity index (χ1v) is 20.5. The van der Waals surface area contributed by atoms with Gasteiger partial charge in [-0.25, -0.2) is 0 Å². The summed E-state index contributed by atoms with van der Waals surface area (Å²) in [6.45, 7) is 7.19. The van der Waals surface area contributed by atoms with Gasteiger partial charge >= 0.3 is 167 Å². The number of Topliss-reactive ketones (excluding diaryl/α,β-unsaturated/α-hetero) is 1. The van der Waals surface area contributed by atoms with Gasteiger partial charge in [0.25, 0.3) is 0 Å². The van der Waals surface area contributed by atoms with Crippen molar-refractivity contribution >= 4 is 17.3 Å². The maximum absolute atomic E-state index is 14.0. The van der Waals surface area contributed by atoms with Crippen molar-refractivity contribution in [3.8, 4) is 17.2 Å². The molecule has 4 aliphatic rings. The molecule has 2 heterocycles. The predicted molar refractivity (Wildman–Crippen MR) is 189 cm³/mol. The van der Waals surface area contributed by atoms with E-state index in [4.69, 9.17) is 18.9 Å². The van der Waals surface area contributed by atoms with Crippen LogP contribution in [-0.2, 0) is 32.0 Å². The number of aromatic hydroxyl groups is 2. The molecule has 284 valence electrons. The van der Waals surface area contributed by atoms with Gasteiger partial charge in [0.1, 0.15) is 22.8 Å². The van der Waals surface area contributed by atoms with E-state index in [1.807, 2.05) is 25.9 Å². The fraction of sp³-hybridized carbons (Fsp3) is 0.475. The topological polar surface area (TPSA) is 155 Å². The molecule has 2 saturated heterocycles. The minimum atomic E-state index is -1.99. The van der Waals surface area contributed by atoms with Gasteiger partial charge in [0.05, 0.1) is 23.8 Å². The summed E-state index contributed by atoms with van der Waals surface area (Å²) in [5.74, 6) is -2.96. The molecule has 0 radical (unpaired) electrons. The first-order chi connectivity index (χ1) is 25.3. The minimum absolute atomic E-state index is 0.00835. The molecule has 3 aromatic rings. The van der Waals surface area contributed by atoms with Crippen molar-refractivity contribution in [2.45, 2.75) is 76.0 Å². The molecule has 0 aromatic heterocycles. The zero-order valence-corrected chi connectivity index (χ0v) is 32.7. The van der Waals surface area contributed by atoms with Gasteiger partial charge in [-0.2, -0.15) is 0 Å². The van der Waals surface area contributed by atoms with E-state index in [2.05, 4.69) is 29.2 Å². The van der Waals surface area contributed by atoms with E-state index in [0.717, 1.165) is 5.56 Å². The SMILES string of the molecule is COc1cccc2c1C(=O)c1c(O)c3c(c(O)c1C2=O)C[C@@](O)(C(C)=O)C[C@@H]3O[C@H]1C[C@H](N(C)C)[C@H](OCc2ccc([I-]CCN3CC3)cc2)[C@H](C)O1. The van der Waals surface area contributed by atoms with Crippen molar-refractivity contribution in [3.63, 3.8) is 0 Å². The summed E-state index contributed by atoms with van der Waals surface area (Å²) in [4.78, 5) is 45.1. The van der Waals surface area contributed by atoms with E-state index in [-0.39, 0.29) is 73.3 Å². The molecule has 12 nitrogen and oxygen atoms in total. The van der Waals surface area contributed by atoms with Crippen LogP contribution in [-0.4, -0.2) is 118 Å². The molecule has 0 unspecified atom stereocenters. The van der Waals surface area contributed by atoms with E-state index in [1.165, 1.54) is 53.8 Å². The van der Waals surface area contributed by atoms with Crippen LogP contribution in [0.15, 0.2) is 42.5 Å². The number of carbonyl (C=O) groups is 3. The molecule has 0 saturated carbocycles. The van der Waals surface area contributed by atoms with Crippen molar-refractivity contribution in [1.82, 2.24) is 9.80 Å². The monoisotopic (exact) mass is 841 g/mol. The number of ketones is 3. The van der Waals surface area contributed by atoms with Gasteiger partial charge < -0.3 is 20.1 Å². The third-order valence-corrected chi connectivity index (χ3v) is 13.5. The number of phenols is 2. The molecule has 0 spiro atoms. The number of benzene rings is 3. The molecule has 3 aromatic carbocycles. The second-order valence-electron chi connectivity index (χ2n) is 14.6. The number of carbonyl (C=O) groups excluding carboxylic acids is 3. The number of aliphatic hydroxyl groups is 1. The van der Waals surface area contributed by atoms with Crippen LogP contribution < -0.4 is 25.9 Å². The van der Waals surface area contributed by atoms with Crippen molar-refractivity contribution < 1.29 is 69.9 Å². The molecule has 53 heavy (non-hydrogen) atoms. The van der Waals surface area contributed by atoms with Crippen LogP contribution in [0.25, 0.3) is 0 Å². The second kappa shape index (κ2) is 15.0. The Bertz CT molecular complexity index is 1930. The molecule has 2 aliphatic heterocycles. The van der Waals surface area contributed by atoms with E-state index in [1.54, 1.807) is 6.07 Å². The molecule has 6 atom stereocenters. The zero-order chi connectivity index (χ0) is 37.8. The number of halogens is 1. The van der Waals surface area contributed by atoms with Crippen LogP contribution in [0.4, 0.5) is 0 Å². The summed E-state index contributed by atoms with van der Waals surface area (Å²) in [6.07, 6.45) is -3.16. The molecule has 2 fully saturated rings. The Morgan fingerprint density at radius 3 is 2.42 bits per heavy atom. The fourth-order valence-corrected chi connectivity index (χ4v) is 10.2. The quantitative estimate of drug-likeness (QED) is 0.0785. The van der Waals surface area contributed by atoms with Gasteiger partial charge in [-0.15, -0.1) is 0 Å². The van der Waals surface area contributed by atoms with Crippen LogP contribution in [0.3, 0.4) is 0 Å². The third kappa shape index (κ3) is 7.24. The van der Waals surface area contributed by atoms with Gasteiger partial charge in [-0.1, -0.05) is 12.1 Å². The Balaban J connectivity index is 1.14. The first kappa shape index (κ1) is 37.9. The van der Waals surface area contributed by atoms with Crippen LogP contribution in [0, 0.1) is 3.57 Å². The zero-order valence-electron chi connectivity index (χ0n) is 30.6. The van der Waals surface area contributed by atoms with Crippen molar-refractivity contribution in [2.24, 2.45) is 0 Å². The molecule has 3 N–H and O–H groups in total. The van der Waals surface area contributed by atoms with Crippen molar-refractivity contribution in [2.75, 3.05) is 45.3 Å². The van der Waals surface area contributed by atoms with Crippen LogP contribution in [0.1, 0.15) is 81.3 Å². The van der Waals surface area contributed by atoms with Crippen LogP contribution in [0.2, 0.25) is 0 Å². The third-order valence-electron chi connectivity index (χ3n) is 10.9. The maximum atomic E-state index is 14.0. The molecular weight excluding hydrogens is 795 g/mol. The normalized spacial score (nSPS) is 26.7. The number of nitrogens with zero attached hydrogens (tertiary/aromatic N) is 2. The van der Waals surface area contributed by atoms with Gasteiger partial charge in [-0.05, 0) is 13.0 Å². The number of rotatable bonds is 12. The molecule has 7 rings (SSSR count).